The number of hydrogen-bond donors (Lipinski definition) is 2. The number of rotatable bonds is 8. The number of likely N-dealkylation sites (tertiary alicyclic amines) is 1. The van der Waals surface area contributed by atoms with Crippen LogP contribution in [-0.2, 0) is 10.0 Å². The van der Waals surface area contributed by atoms with Crippen molar-refractivity contribution >= 4 is 40.0 Å². The predicted octanol–water partition coefficient (Wildman–Crippen LogP) is 2.34. The first-order valence-corrected chi connectivity index (χ1v) is 12.7. The van der Waals surface area contributed by atoms with Gasteiger partial charge in [0.25, 0.3) is 0 Å². The highest BCUT2D eigenvalue weighted by Gasteiger charge is 2.27. The standard InChI is InChI=1S/C20H41N5O2S.HI/c1-5-21-20(22-14-18-8-7-11-24(16-18)15-17(3)4)23-19-9-12-25(13-10-19)28(26,27)6-2;/h17-19H,5-16H2,1-4H3,(H2,21,22,23);1H. The van der Waals surface area contributed by atoms with Gasteiger partial charge in [0.05, 0.1) is 5.75 Å². The van der Waals surface area contributed by atoms with Crippen LogP contribution < -0.4 is 10.6 Å². The lowest BCUT2D eigenvalue weighted by Crippen LogP contribution is -2.50. The van der Waals surface area contributed by atoms with E-state index in [1.165, 1.54) is 25.9 Å². The fraction of sp³-hybridized carbons (Fsp3) is 0.950. The SMILES string of the molecule is CCNC(=NCC1CCCN(CC(C)C)C1)NC1CCN(S(=O)(=O)CC)CC1.I. The molecule has 2 aliphatic heterocycles. The molecular weight excluding hydrogens is 501 g/mol. The van der Waals surface area contributed by atoms with Crippen molar-refractivity contribution in [1.29, 1.82) is 0 Å². The minimum Gasteiger partial charge on any atom is -0.357 e. The van der Waals surface area contributed by atoms with Crippen LogP contribution in [0.5, 0.6) is 0 Å². The summed E-state index contributed by atoms with van der Waals surface area (Å²) in [5, 5.41) is 6.89. The molecule has 1 unspecified atom stereocenters. The van der Waals surface area contributed by atoms with Gasteiger partial charge in [0.2, 0.25) is 10.0 Å². The van der Waals surface area contributed by atoms with Gasteiger partial charge in [-0.3, -0.25) is 4.99 Å². The first-order chi connectivity index (χ1) is 13.3. The van der Waals surface area contributed by atoms with E-state index in [2.05, 4.69) is 36.3 Å². The first kappa shape index (κ1) is 26.9. The number of nitrogens with one attached hydrogen (secondary N) is 2. The quantitative estimate of drug-likeness (QED) is 0.279. The maximum atomic E-state index is 12.0. The highest BCUT2D eigenvalue weighted by atomic mass is 127. The van der Waals surface area contributed by atoms with E-state index in [0.29, 0.717) is 24.9 Å². The van der Waals surface area contributed by atoms with Gasteiger partial charge in [0.15, 0.2) is 5.96 Å². The van der Waals surface area contributed by atoms with Crippen LogP contribution in [0.2, 0.25) is 0 Å². The fourth-order valence-electron chi connectivity index (χ4n) is 4.18. The van der Waals surface area contributed by atoms with Crippen molar-refractivity contribution in [3.8, 4) is 0 Å². The van der Waals surface area contributed by atoms with Crippen LogP contribution in [0.25, 0.3) is 0 Å². The normalized spacial score (nSPS) is 23.1. The van der Waals surface area contributed by atoms with Gasteiger partial charge < -0.3 is 15.5 Å². The van der Waals surface area contributed by atoms with Gasteiger partial charge in [0.1, 0.15) is 0 Å². The molecule has 0 aromatic heterocycles. The summed E-state index contributed by atoms with van der Waals surface area (Å²) in [4.78, 5) is 7.45. The van der Waals surface area contributed by atoms with Crippen LogP contribution in [0.1, 0.15) is 53.4 Å². The average Bonchev–Trinajstić information content (AvgIpc) is 2.66. The first-order valence-electron chi connectivity index (χ1n) is 11.1. The van der Waals surface area contributed by atoms with Gasteiger partial charge in [-0.15, -0.1) is 24.0 Å². The lowest BCUT2D eigenvalue weighted by molar-refractivity contribution is 0.162. The largest absolute Gasteiger partial charge is 0.357 e. The third-order valence-corrected chi connectivity index (χ3v) is 7.51. The van der Waals surface area contributed by atoms with Crippen LogP contribution in [0, 0.1) is 11.8 Å². The molecule has 7 nitrogen and oxygen atoms in total. The van der Waals surface area contributed by atoms with E-state index < -0.39 is 10.0 Å². The molecule has 172 valence electrons. The highest BCUT2D eigenvalue weighted by molar-refractivity contribution is 14.0. The Bertz CT molecular complexity index is 592. The smallest absolute Gasteiger partial charge is 0.213 e. The molecule has 2 heterocycles. The Morgan fingerprint density at radius 2 is 1.83 bits per heavy atom. The maximum absolute atomic E-state index is 12.0. The van der Waals surface area contributed by atoms with Crippen molar-refractivity contribution in [3.63, 3.8) is 0 Å². The molecule has 2 saturated heterocycles. The van der Waals surface area contributed by atoms with Crippen LogP contribution in [0.4, 0.5) is 0 Å². The van der Waals surface area contributed by atoms with Crippen molar-refractivity contribution in [3.05, 3.63) is 0 Å². The Morgan fingerprint density at radius 3 is 2.41 bits per heavy atom. The Hall–Kier alpha value is -0.130. The van der Waals surface area contributed by atoms with Crippen molar-refractivity contribution < 1.29 is 8.42 Å². The van der Waals surface area contributed by atoms with Gasteiger partial charge >= 0.3 is 0 Å². The molecule has 29 heavy (non-hydrogen) atoms. The van der Waals surface area contributed by atoms with Crippen molar-refractivity contribution in [1.82, 2.24) is 19.8 Å². The zero-order chi connectivity index (χ0) is 20.6. The van der Waals surface area contributed by atoms with Crippen LogP contribution in [0.15, 0.2) is 4.99 Å². The predicted molar refractivity (Wildman–Crippen MR) is 133 cm³/mol. The van der Waals surface area contributed by atoms with Crippen LogP contribution >= 0.6 is 24.0 Å². The van der Waals surface area contributed by atoms with E-state index >= 15 is 0 Å². The molecule has 0 amide bonds. The monoisotopic (exact) mass is 543 g/mol. The molecule has 0 aromatic carbocycles. The zero-order valence-electron chi connectivity index (χ0n) is 18.7. The Labute approximate surface area is 195 Å². The van der Waals surface area contributed by atoms with Crippen molar-refractivity contribution in [2.24, 2.45) is 16.8 Å². The Balaban J connectivity index is 0.00000420. The number of sulfonamides is 1. The van der Waals surface area contributed by atoms with Crippen molar-refractivity contribution in [2.45, 2.75) is 59.4 Å². The molecule has 2 N–H and O–H groups in total. The minimum atomic E-state index is -3.07. The van der Waals surface area contributed by atoms with E-state index in [-0.39, 0.29) is 35.8 Å². The topological polar surface area (TPSA) is 77.0 Å². The summed E-state index contributed by atoms with van der Waals surface area (Å²) in [6.07, 6.45) is 4.18. The number of hydrogen-bond acceptors (Lipinski definition) is 4. The number of guanidine groups is 1. The molecule has 2 fully saturated rings. The Kier molecular flexibility index (Phi) is 12.4. The number of aliphatic imine (C=N–C) groups is 1. The van der Waals surface area contributed by atoms with Gasteiger partial charge in [-0.2, -0.15) is 0 Å². The third-order valence-electron chi connectivity index (χ3n) is 5.63. The number of nitrogens with zero attached hydrogens (tertiary/aromatic N) is 3. The van der Waals surface area contributed by atoms with E-state index in [4.69, 9.17) is 4.99 Å². The summed E-state index contributed by atoms with van der Waals surface area (Å²) in [6.45, 7) is 14.8. The molecule has 0 spiro atoms. The molecule has 0 bridgehead atoms. The maximum Gasteiger partial charge on any atom is 0.213 e. The summed E-state index contributed by atoms with van der Waals surface area (Å²) in [5.74, 6) is 2.40. The Morgan fingerprint density at radius 1 is 1.14 bits per heavy atom. The minimum absolute atomic E-state index is 0. The molecule has 9 heteroatoms. The molecule has 0 saturated carbocycles. The van der Waals surface area contributed by atoms with Crippen LogP contribution in [-0.4, -0.2) is 81.2 Å². The lowest BCUT2D eigenvalue weighted by Gasteiger charge is -2.34. The van der Waals surface area contributed by atoms with Crippen molar-refractivity contribution in [2.75, 3.05) is 51.6 Å². The summed E-state index contributed by atoms with van der Waals surface area (Å²) >= 11 is 0. The summed E-state index contributed by atoms with van der Waals surface area (Å²) < 4.78 is 25.7. The second kappa shape index (κ2) is 13.3. The summed E-state index contributed by atoms with van der Waals surface area (Å²) in [7, 11) is -3.07. The van der Waals surface area contributed by atoms with Gasteiger partial charge in [0, 0.05) is 45.3 Å². The van der Waals surface area contributed by atoms with E-state index in [9.17, 15) is 8.42 Å². The second-order valence-corrected chi connectivity index (χ2v) is 10.9. The third kappa shape index (κ3) is 9.26. The molecule has 0 radical (unpaired) electrons. The van der Waals surface area contributed by atoms with Gasteiger partial charge in [-0.25, -0.2) is 12.7 Å². The van der Waals surface area contributed by atoms with E-state index in [0.717, 1.165) is 38.4 Å². The fourth-order valence-corrected chi connectivity index (χ4v) is 5.31. The average molecular weight is 544 g/mol. The summed E-state index contributed by atoms with van der Waals surface area (Å²) in [6, 6.07) is 0.282. The van der Waals surface area contributed by atoms with E-state index in [1.807, 2.05) is 0 Å². The molecule has 0 aromatic rings. The van der Waals surface area contributed by atoms with Crippen LogP contribution in [0.3, 0.4) is 0 Å². The van der Waals surface area contributed by atoms with Gasteiger partial charge in [-0.05, 0) is 57.9 Å². The molecular formula is C20H42IN5O2S. The van der Waals surface area contributed by atoms with E-state index in [1.54, 1.807) is 11.2 Å². The molecule has 2 rings (SSSR count). The molecule has 0 aliphatic carbocycles. The highest BCUT2D eigenvalue weighted by Crippen LogP contribution is 2.18. The number of halogens is 1. The lowest BCUT2D eigenvalue weighted by atomic mass is 9.97. The second-order valence-electron chi connectivity index (χ2n) is 8.60. The van der Waals surface area contributed by atoms with Gasteiger partial charge in [-0.1, -0.05) is 13.8 Å². The zero-order valence-corrected chi connectivity index (χ0v) is 21.8. The molecule has 2 aliphatic rings. The molecule has 1 atom stereocenters. The number of piperidine rings is 2. The summed E-state index contributed by atoms with van der Waals surface area (Å²) in [5.41, 5.74) is 0.